The molecule has 27 heavy (non-hydrogen) atoms. The van der Waals surface area contributed by atoms with Crippen molar-refractivity contribution in [3.63, 3.8) is 0 Å². The Balaban J connectivity index is 1.58. The van der Waals surface area contributed by atoms with E-state index in [1.165, 1.54) is 28.6 Å². The number of hydrogen-bond acceptors (Lipinski definition) is 6. The molecular weight excluding hydrogens is 386 g/mol. The predicted octanol–water partition coefficient (Wildman–Crippen LogP) is 3.77. The average Bonchev–Trinajstić information content (AvgIpc) is 3.12. The van der Waals surface area contributed by atoms with Gasteiger partial charge in [-0.2, -0.15) is 4.31 Å². The van der Waals surface area contributed by atoms with Gasteiger partial charge in [0.15, 0.2) is 0 Å². The van der Waals surface area contributed by atoms with Crippen LogP contribution in [0.3, 0.4) is 0 Å². The molecule has 0 bridgehead atoms. The Kier molecular flexibility index (Phi) is 4.67. The Bertz CT molecular complexity index is 1060. The van der Waals surface area contributed by atoms with Crippen molar-refractivity contribution in [1.82, 2.24) is 9.29 Å². The molecule has 0 amide bonds. The minimum atomic E-state index is -3.69. The number of piperidine rings is 1. The summed E-state index contributed by atoms with van der Waals surface area (Å²) in [5, 5.41) is 11.7. The van der Waals surface area contributed by atoms with Crippen LogP contribution < -0.4 is 0 Å². The quantitative estimate of drug-likeness (QED) is 0.488. The molecule has 1 atom stereocenters. The summed E-state index contributed by atoms with van der Waals surface area (Å²) in [5.74, 6) is 0.0592. The van der Waals surface area contributed by atoms with E-state index in [0.29, 0.717) is 13.1 Å². The Labute approximate surface area is 160 Å². The molecule has 9 heteroatoms. The van der Waals surface area contributed by atoms with Gasteiger partial charge in [0.05, 0.1) is 25.0 Å². The zero-order chi connectivity index (χ0) is 19.0. The maximum Gasteiger partial charge on any atom is 0.269 e. The van der Waals surface area contributed by atoms with Crippen LogP contribution in [0.1, 0.15) is 23.8 Å². The Morgan fingerprint density at radius 1 is 1.15 bits per heavy atom. The topological polar surface area (TPSA) is 93.4 Å². The Morgan fingerprint density at radius 3 is 2.59 bits per heavy atom. The van der Waals surface area contributed by atoms with Gasteiger partial charge in [0.2, 0.25) is 10.0 Å². The summed E-state index contributed by atoms with van der Waals surface area (Å²) in [6, 6.07) is 12.9. The summed E-state index contributed by atoms with van der Waals surface area (Å²) >= 11 is 1.61. The number of nitrogens with zero attached hydrogens (tertiary/aromatic N) is 3. The van der Waals surface area contributed by atoms with Crippen molar-refractivity contribution in [2.24, 2.45) is 0 Å². The smallest absolute Gasteiger partial charge is 0.258 e. The largest absolute Gasteiger partial charge is 0.269 e. The summed E-state index contributed by atoms with van der Waals surface area (Å²) in [4.78, 5) is 15.0. The van der Waals surface area contributed by atoms with Crippen molar-refractivity contribution >= 4 is 37.3 Å². The number of non-ortho nitro benzene ring substituents is 1. The maximum atomic E-state index is 13.0. The van der Waals surface area contributed by atoms with Crippen molar-refractivity contribution in [1.29, 1.82) is 0 Å². The lowest BCUT2D eigenvalue weighted by Gasteiger charge is -2.30. The SMILES string of the molecule is O=[N+]([O-])c1ccc(S(=O)(=O)N2CCC[C@H](c3nc4ccccc4s3)C2)cc1. The molecule has 1 aliphatic rings. The van der Waals surface area contributed by atoms with E-state index in [2.05, 4.69) is 4.98 Å². The van der Waals surface area contributed by atoms with Crippen molar-refractivity contribution in [2.75, 3.05) is 13.1 Å². The highest BCUT2D eigenvalue weighted by Gasteiger charge is 2.32. The first-order valence-electron chi connectivity index (χ1n) is 8.55. The summed E-state index contributed by atoms with van der Waals surface area (Å²) in [5.41, 5.74) is 0.813. The molecule has 4 rings (SSSR count). The minimum absolute atomic E-state index is 0.0592. The number of nitro groups is 1. The van der Waals surface area contributed by atoms with Crippen molar-refractivity contribution < 1.29 is 13.3 Å². The van der Waals surface area contributed by atoms with Gasteiger partial charge in [-0.3, -0.25) is 10.1 Å². The molecule has 0 radical (unpaired) electrons. The molecule has 0 spiro atoms. The second-order valence-corrected chi connectivity index (χ2v) is 9.47. The average molecular weight is 403 g/mol. The van der Waals surface area contributed by atoms with E-state index in [-0.39, 0.29) is 16.5 Å². The monoisotopic (exact) mass is 403 g/mol. The molecule has 2 aromatic carbocycles. The fourth-order valence-corrected chi connectivity index (χ4v) is 5.93. The fraction of sp³-hybridized carbons (Fsp3) is 0.278. The number of aromatic nitrogens is 1. The first-order valence-corrected chi connectivity index (χ1v) is 10.8. The molecular formula is C18H17N3O4S2. The number of thiazole rings is 1. The van der Waals surface area contributed by atoms with E-state index in [1.807, 2.05) is 24.3 Å². The predicted molar refractivity (Wildman–Crippen MR) is 103 cm³/mol. The van der Waals surface area contributed by atoms with Crippen LogP contribution in [0.4, 0.5) is 5.69 Å². The van der Waals surface area contributed by atoms with E-state index in [1.54, 1.807) is 11.3 Å². The van der Waals surface area contributed by atoms with Crippen molar-refractivity contribution in [3.8, 4) is 0 Å². The van der Waals surface area contributed by atoms with Crippen LogP contribution in [0.2, 0.25) is 0 Å². The molecule has 1 aliphatic heterocycles. The molecule has 7 nitrogen and oxygen atoms in total. The Morgan fingerprint density at radius 2 is 1.89 bits per heavy atom. The summed E-state index contributed by atoms with van der Waals surface area (Å²) in [6.45, 7) is 0.819. The second kappa shape index (κ2) is 6.99. The van der Waals surface area contributed by atoms with Crippen LogP contribution in [-0.2, 0) is 10.0 Å². The molecule has 3 aromatic rings. The fourth-order valence-electron chi connectivity index (χ4n) is 3.32. The van der Waals surface area contributed by atoms with Crippen LogP contribution >= 0.6 is 11.3 Å². The van der Waals surface area contributed by atoms with Gasteiger partial charge in [-0.05, 0) is 37.1 Å². The van der Waals surface area contributed by atoms with E-state index >= 15 is 0 Å². The molecule has 0 saturated carbocycles. The van der Waals surface area contributed by atoms with Crippen LogP contribution in [0, 0.1) is 10.1 Å². The molecule has 2 heterocycles. The molecule has 1 aromatic heterocycles. The summed E-state index contributed by atoms with van der Waals surface area (Å²) in [6.07, 6.45) is 1.65. The molecule has 1 saturated heterocycles. The molecule has 1 fully saturated rings. The highest BCUT2D eigenvalue weighted by molar-refractivity contribution is 7.89. The third-order valence-corrected chi connectivity index (χ3v) is 7.81. The van der Waals surface area contributed by atoms with E-state index in [9.17, 15) is 18.5 Å². The lowest BCUT2D eigenvalue weighted by molar-refractivity contribution is -0.384. The van der Waals surface area contributed by atoms with Gasteiger partial charge < -0.3 is 0 Å². The first kappa shape index (κ1) is 18.0. The number of nitro benzene ring substituents is 1. The third-order valence-electron chi connectivity index (χ3n) is 4.73. The van der Waals surface area contributed by atoms with Crippen LogP contribution in [-0.4, -0.2) is 35.7 Å². The zero-order valence-electron chi connectivity index (χ0n) is 14.3. The van der Waals surface area contributed by atoms with Crippen LogP contribution in [0.25, 0.3) is 10.2 Å². The van der Waals surface area contributed by atoms with Crippen LogP contribution in [0.15, 0.2) is 53.4 Å². The van der Waals surface area contributed by atoms with Gasteiger partial charge in [-0.25, -0.2) is 13.4 Å². The van der Waals surface area contributed by atoms with Crippen molar-refractivity contribution in [3.05, 3.63) is 63.7 Å². The van der Waals surface area contributed by atoms with Gasteiger partial charge in [0.25, 0.3) is 5.69 Å². The van der Waals surface area contributed by atoms with Gasteiger partial charge in [0.1, 0.15) is 0 Å². The number of para-hydroxylation sites is 1. The molecule has 0 aliphatic carbocycles. The Hall–Kier alpha value is -2.36. The molecule has 0 unspecified atom stereocenters. The zero-order valence-corrected chi connectivity index (χ0v) is 15.9. The lowest BCUT2D eigenvalue weighted by atomic mass is 10.0. The highest BCUT2D eigenvalue weighted by Crippen LogP contribution is 2.34. The van der Waals surface area contributed by atoms with E-state index in [0.717, 1.165) is 28.1 Å². The maximum absolute atomic E-state index is 13.0. The van der Waals surface area contributed by atoms with E-state index in [4.69, 9.17) is 0 Å². The highest BCUT2D eigenvalue weighted by atomic mass is 32.2. The van der Waals surface area contributed by atoms with Gasteiger partial charge in [0, 0.05) is 31.1 Å². The number of sulfonamides is 1. The van der Waals surface area contributed by atoms with Gasteiger partial charge >= 0.3 is 0 Å². The standard InChI is InChI=1S/C18H17N3O4S2/c22-21(23)14-7-9-15(10-8-14)27(24,25)20-11-3-4-13(12-20)18-19-16-5-1-2-6-17(16)26-18/h1-2,5-10,13H,3-4,11-12H2/t13-/m0/s1. The van der Waals surface area contributed by atoms with Crippen molar-refractivity contribution in [2.45, 2.75) is 23.7 Å². The van der Waals surface area contributed by atoms with Gasteiger partial charge in [-0.15, -0.1) is 11.3 Å². The van der Waals surface area contributed by atoms with E-state index < -0.39 is 14.9 Å². The number of rotatable bonds is 4. The van der Waals surface area contributed by atoms with Gasteiger partial charge in [-0.1, -0.05) is 12.1 Å². The normalized spacial score (nSPS) is 18.6. The lowest BCUT2D eigenvalue weighted by Crippen LogP contribution is -2.39. The summed E-state index contributed by atoms with van der Waals surface area (Å²) in [7, 11) is -3.69. The third kappa shape index (κ3) is 3.45. The molecule has 0 N–H and O–H groups in total. The number of hydrogen-bond donors (Lipinski definition) is 0. The number of benzene rings is 2. The minimum Gasteiger partial charge on any atom is -0.258 e. The molecule has 140 valence electrons. The second-order valence-electron chi connectivity index (χ2n) is 6.47. The number of fused-ring (bicyclic) bond motifs is 1. The van der Waals surface area contributed by atoms with Crippen LogP contribution in [0.5, 0.6) is 0 Å². The summed E-state index contributed by atoms with van der Waals surface area (Å²) < 4.78 is 28.5. The first-order chi connectivity index (χ1) is 12.9.